The van der Waals surface area contributed by atoms with Crippen molar-refractivity contribution in [3.05, 3.63) is 11.1 Å². The highest BCUT2D eigenvalue weighted by Gasteiger charge is 2.19. The maximum absolute atomic E-state index is 11.8. The summed E-state index contributed by atoms with van der Waals surface area (Å²) in [6.07, 6.45) is 0. The van der Waals surface area contributed by atoms with Crippen molar-refractivity contribution in [2.24, 2.45) is 4.40 Å². The van der Waals surface area contributed by atoms with Gasteiger partial charge in [-0.3, -0.25) is 4.79 Å². The number of nitrogens with one attached hydrogen (secondary N) is 1. The first-order valence-electron chi connectivity index (χ1n) is 5.69. The first-order chi connectivity index (χ1) is 9.08. The molecule has 6 nitrogen and oxygen atoms in total. The lowest BCUT2D eigenvalue weighted by molar-refractivity contribution is -0.134. The predicted octanol–water partition coefficient (Wildman–Crippen LogP) is 2.12. The van der Waals surface area contributed by atoms with Crippen LogP contribution < -0.4 is 5.32 Å². The van der Waals surface area contributed by atoms with E-state index in [4.69, 9.17) is 4.74 Å². The molecule has 0 saturated carbocycles. The van der Waals surface area contributed by atoms with Crippen molar-refractivity contribution in [3.63, 3.8) is 0 Å². The Morgan fingerprint density at radius 3 is 2.84 bits per heavy atom. The summed E-state index contributed by atoms with van der Waals surface area (Å²) < 4.78 is 9.05. The van der Waals surface area contributed by atoms with Crippen molar-refractivity contribution >= 4 is 46.0 Å². The van der Waals surface area contributed by atoms with Crippen molar-refractivity contribution in [1.82, 2.24) is 4.98 Å². The highest BCUT2D eigenvalue weighted by molar-refractivity contribution is 7.98. The predicted molar refractivity (Wildman–Crippen MR) is 77.7 cm³/mol. The highest BCUT2D eigenvalue weighted by atomic mass is 32.2. The Balaban J connectivity index is 2.94. The second-order valence-corrected chi connectivity index (χ2v) is 5.17. The number of ether oxygens (including phenoxy) is 1. The second kappa shape index (κ2) is 7.90. The van der Waals surface area contributed by atoms with E-state index < -0.39 is 5.97 Å². The van der Waals surface area contributed by atoms with Crippen LogP contribution >= 0.6 is 23.3 Å². The van der Waals surface area contributed by atoms with Crippen molar-refractivity contribution < 1.29 is 14.3 Å². The molecule has 0 spiro atoms. The molecule has 0 aromatic carbocycles. The number of amides is 1. The van der Waals surface area contributed by atoms with Crippen LogP contribution in [0.25, 0.3) is 0 Å². The van der Waals surface area contributed by atoms with Crippen LogP contribution in [0.3, 0.4) is 0 Å². The molecule has 1 aromatic heterocycles. The third kappa shape index (κ3) is 4.99. The Bertz CT molecular complexity index is 485. The third-order valence-electron chi connectivity index (χ3n) is 1.78. The monoisotopic (exact) mass is 301 g/mol. The number of thiazole rings is 1. The Kier molecular flexibility index (Phi) is 6.51. The lowest BCUT2D eigenvalue weighted by Gasteiger charge is -2.02. The van der Waals surface area contributed by atoms with Crippen molar-refractivity contribution in [2.45, 2.75) is 20.8 Å². The molecule has 0 radical (unpaired) electrons. The smallest absolute Gasteiger partial charge is 0.359 e. The lowest BCUT2D eigenvalue weighted by Crippen LogP contribution is -2.19. The lowest BCUT2D eigenvalue weighted by atomic mass is 10.3. The summed E-state index contributed by atoms with van der Waals surface area (Å²) in [5.74, 6) is 0.0209. The zero-order valence-corrected chi connectivity index (χ0v) is 12.6. The van der Waals surface area contributed by atoms with Gasteiger partial charge in [0.15, 0.2) is 10.8 Å². The van der Waals surface area contributed by atoms with Crippen LogP contribution in [0.5, 0.6) is 0 Å². The van der Waals surface area contributed by atoms with E-state index in [0.717, 1.165) is 5.75 Å². The molecule has 19 heavy (non-hydrogen) atoms. The Hall–Kier alpha value is -1.41. The fraction of sp³-hybridized carbons (Fsp3) is 0.455. The van der Waals surface area contributed by atoms with E-state index in [2.05, 4.69) is 14.7 Å². The topological polar surface area (TPSA) is 80.6 Å². The molecule has 1 amide bonds. The van der Waals surface area contributed by atoms with Crippen LogP contribution in [0.15, 0.2) is 9.78 Å². The number of hydrogen-bond donors (Lipinski definition) is 1. The maximum atomic E-state index is 11.8. The number of hydrogen-bond acceptors (Lipinski definition) is 7. The third-order valence-corrected chi connectivity index (χ3v) is 3.11. The molecule has 1 rings (SSSR count). The minimum atomic E-state index is -0.511. The Labute approximate surface area is 119 Å². The first-order valence-corrected chi connectivity index (χ1v) is 7.51. The molecule has 1 N–H and O–H groups in total. The highest BCUT2D eigenvalue weighted by Crippen LogP contribution is 2.18. The van der Waals surface area contributed by atoms with Crippen LogP contribution in [0, 0.1) is 0 Å². The molecule has 0 atom stereocenters. The van der Waals surface area contributed by atoms with Gasteiger partial charge in [0.2, 0.25) is 5.91 Å². The Morgan fingerprint density at radius 2 is 2.26 bits per heavy atom. The molecule has 1 aromatic rings. The van der Waals surface area contributed by atoms with Gasteiger partial charge < -0.3 is 10.1 Å². The summed E-state index contributed by atoms with van der Waals surface area (Å²) in [6.45, 7) is 5.33. The van der Waals surface area contributed by atoms with Gasteiger partial charge in [-0.05, 0) is 18.9 Å². The SMILES string of the molecule is CCOC(=O)/C(=N\SCC)c1csc(NC(C)=O)n1. The van der Waals surface area contributed by atoms with E-state index in [1.165, 1.54) is 30.2 Å². The number of rotatable bonds is 6. The molecule has 104 valence electrons. The van der Waals surface area contributed by atoms with Crippen LogP contribution in [-0.2, 0) is 14.3 Å². The summed E-state index contributed by atoms with van der Waals surface area (Å²) in [4.78, 5) is 26.9. The summed E-state index contributed by atoms with van der Waals surface area (Å²) in [7, 11) is 0. The van der Waals surface area contributed by atoms with Gasteiger partial charge in [-0.25, -0.2) is 14.2 Å². The van der Waals surface area contributed by atoms with Gasteiger partial charge in [-0.2, -0.15) is 0 Å². The van der Waals surface area contributed by atoms with Gasteiger partial charge in [-0.1, -0.05) is 6.92 Å². The van der Waals surface area contributed by atoms with Crippen molar-refractivity contribution in [2.75, 3.05) is 17.7 Å². The van der Waals surface area contributed by atoms with Gasteiger partial charge in [0.1, 0.15) is 5.69 Å². The van der Waals surface area contributed by atoms with Gasteiger partial charge >= 0.3 is 5.97 Å². The van der Waals surface area contributed by atoms with Gasteiger partial charge in [0.25, 0.3) is 0 Å². The van der Waals surface area contributed by atoms with E-state index >= 15 is 0 Å². The molecule has 0 saturated heterocycles. The van der Waals surface area contributed by atoms with E-state index in [0.29, 0.717) is 10.8 Å². The summed E-state index contributed by atoms with van der Waals surface area (Å²) in [5.41, 5.74) is 0.578. The molecule has 0 fully saturated rings. The second-order valence-electron chi connectivity index (χ2n) is 3.30. The van der Waals surface area contributed by atoms with Gasteiger partial charge in [0, 0.05) is 18.1 Å². The molecule has 1 heterocycles. The maximum Gasteiger partial charge on any atom is 0.359 e. The number of nitrogens with zero attached hydrogens (tertiary/aromatic N) is 2. The van der Waals surface area contributed by atoms with Crippen molar-refractivity contribution in [3.8, 4) is 0 Å². The average molecular weight is 301 g/mol. The minimum Gasteiger partial charge on any atom is -0.461 e. The molecule has 8 heteroatoms. The summed E-state index contributed by atoms with van der Waals surface area (Å²) >= 11 is 2.49. The number of carbonyl (C=O) groups is 2. The zero-order valence-electron chi connectivity index (χ0n) is 10.9. The van der Waals surface area contributed by atoms with E-state index in [1.807, 2.05) is 6.92 Å². The number of anilines is 1. The first kappa shape index (κ1) is 15.6. The number of aromatic nitrogens is 1. The van der Waals surface area contributed by atoms with Crippen molar-refractivity contribution in [1.29, 1.82) is 0 Å². The summed E-state index contributed by atoms with van der Waals surface area (Å²) in [5, 5.41) is 4.66. The van der Waals surface area contributed by atoms with Crippen LogP contribution in [0.2, 0.25) is 0 Å². The largest absolute Gasteiger partial charge is 0.461 e. The quantitative estimate of drug-likeness (QED) is 0.494. The van der Waals surface area contributed by atoms with Crippen LogP contribution in [-0.4, -0.2) is 34.9 Å². The molecule has 0 aliphatic carbocycles. The van der Waals surface area contributed by atoms with Crippen LogP contribution in [0.4, 0.5) is 5.13 Å². The molecule has 0 unspecified atom stereocenters. The molecular formula is C11H15N3O3S2. The van der Waals surface area contributed by atoms with Gasteiger partial charge in [0.05, 0.1) is 6.61 Å². The normalized spacial score (nSPS) is 11.2. The number of carbonyl (C=O) groups excluding carboxylic acids is 2. The van der Waals surface area contributed by atoms with Crippen LogP contribution in [0.1, 0.15) is 26.5 Å². The molecule has 0 aliphatic heterocycles. The zero-order chi connectivity index (χ0) is 14.3. The van der Waals surface area contributed by atoms with E-state index in [1.54, 1.807) is 12.3 Å². The standard InChI is InChI=1S/C11H15N3O3S2/c1-4-17-10(16)9(14-19-5-2)8-6-18-11(13-8)12-7(3)15/h6H,4-5H2,1-3H3,(H,12,13,15)/b14-9-. The van der Waals surface area contributed by atoms with E-state index in [9.17, 15) is 9.59 Å². The fourth-order valence-electron chi connectivity index (χ4n) is 1.11. The minimum absolute atomic E-state index is 0.168. The molecule has 0 bridgehead atoms. The van der Waals surface area contributed by atoms with Gasteiger partial charge in [-0.15, -0.1) is 11.3 Å². The number of esters is 1. The van der Waals surface area contributed by atoms with E-state index in [-0.39, 0.29) is 18.2 Å². The summed E-state index contributed by atoms with van der Waals surface area (Å²) in [6, 6.07) is 0. The molecular weight excluding hydrogens is 286 g/mol. The fourth-order valence-corrected chi connectivity index (χ4v) is 2.28. The Morgan fingerprint density at radius 1 is 1.53 bits per heavy atom. The average Bonchev–Trinajstić information content (AvgIpc) is 2.77. The molecule has 0 aliphatic rings.